The van der Waals surface area contributed by atoms with Crippen LogP contribution in [-0.4, -0.2) is 60.4 Å². The highest BCUT2D eigenvalue weighted by Gasteiger charge is 2.45. The number of benzene rings is 2. The van der Waals surface area contributed by atoms with Crippen molar-refractivity contribution in [1.82, 2.24) is 9.80 Å². The maximum Gasteiger partial charge on any atom is 0.295 e. The van der Waals surface area contributed by atoms with Gasteiger partial charge in [-0.2, -0.15) is 0 Å². The lowest BCUT2D eigenvalue weighted by Gasteiger charge is -2.27. The highest BCUT2D eigenvalue weighted by atomic mass is 16.5. The lowest BCUT2D eigenvalue weighted by Crippen LogP contribution is -2.32. The summed E-state index contributed by atoms with van der Waals surface area (Å²) in [6, 6.07) is 12.8. The lowest BCUT2D eigenvalue weighted by molar-refractivity contribution is -0.139. The number of nitrogens with zero attached hydrogens (tertiary/aromatic N) is 2. The summed E-state index contributed by atoms with van der Waals surface area (Å²) in [6.07, 6.45) is 2.73. The number of carbonyl (C=O) groups is 2. The fourth-order valence-electron chi connectivity index (χ4n) is 4.62. The molecule has 1 aliphatic heterocycles. The van der Waals surface area contributed by atoms with Crippen molar-refractivity contribution in [3.05, 3.63) is 70.3 Å². The molecule has 6 nitrogen and oxygen atoms in total. The maximum absolute atomic E-state index is 13.3. The van der Waals surface area contributed by atoms with Crippen LogP contribution in [0.3, 0.4) is 0 Å². The molecule has 2 aromatic rings. The predicted molar refractivity (Wildman–Crippen MR) is 149 cm³/mol. The van der Waals surface area contributed by atoms with Gasteiger partial charge in [-0.3, -0.25) is 9.59 Å². The quantitative estimate of drug-likeness (QED) is 0.190. The number of likely N-dealkylation sites (tertiary alicyclic amines) is 1. The van der Waals surface area contributed by atoms with Crippen LogP contribution in [0.4, 0.5) is 0 Å². The van der Waals surface area contributed by atoms with E-state index in [1.54, 1.807) is 11.0 Å². The lowest BCUT2D eigenvalue weighted by atomic mass is 9.85. The Morgan fingerprint density at radius 1 is 1.05 bits per heavy atom. The predicted octanol–water partition coefficient (Wildman–Crippen LogP) is 5.84. The van der Waals surface area contributed by atoms with Gasteiger partial charge in [0.05, 0.1) is 18.2 Å². The summed E-state index contributed by atoms with van der Waals surface area (Å²) < 4.78 is 5.85. The summed E-state index contributed by atoms with van der Waals surface area (Å²) >= 11 is 0. The molecule has 0 aromatic heterocycles. The van der Waals surface area contributed by atoms with E-state index < -0.39 is 17.7 Å². The topological polar surface area (TPSA) is 70.1 Å². The number of Topliss-reactive ketones (excluding diaryl/α,β-unsaturated/α-hetero) is 1. The number of aliphatic hydroxyl groups is 1. The first kappa shape index (κ1) is 28.5. The molecule has 0 radical (unpaired) electrons. The van der Waals surface area contributed by atoms with E-state index in [1.165, 1.54) is 0 Å². The number of unbranched alkanes of at least 4 members (excludes halogenated alkanes) is 1. The number of aliphatic hydroxyl groups excluding tert-OH is 1. The molecular weight excluding hydrogens is 464 g/mol. The van der Waals surface area contributed by atoms with Crippen LogP contribution in [-0.2, 0) is 15.0 Å². The minimum atomic E-state index is -0.645. The number of hydrogen-bond donors (Lipinski definition) is 1. The smallest absolute Gasteiger partial charge is 0.295 e. The van der Waals surface area contributed by atoms with Gasteiger partial charge in [-0.15, -0.1) is 0 Å². The Hall–Kier alpha value is -3.12. The van der Waals surface area contributed by atoms with Crippen LogP contribution in [0.1, 0.15) is 75.3 Å². The number of rotatable bonds is 10. The van der Waals surface area contributed by atoms with E-state index in [2.05, 4.69) is 32.6 Å². The van der Waals surface area contributed by atoms with Crippen LogP contribution in [0.25, 0.3) is 5.76 Å². The molecule has 2 aromatic carbocycles. The molecule has 1 N–H and O–H groups in total. The van der Waals surface area contributed by atoms with Crippen molar-refractivity contribution < 1.29 is 19.4 Å². The van der Waals surface area contributed by atoms with Crippen molar-refractivity contribution in [3.63, 3.8) is 0 Å². The first-order chi connectivity index (χ1) is 17.5. The fraction of sp³-hybridized carbons (Fsp3) is 0.484. The van der Waals surface area contributed by atoms with E-state index in [4.69, 9.17) is 4.74 Å². The largest absolute Gasteiger partial charge is 0.507 e. The van der Waals surface area contributed by atoms with Crippen molar-refractivity contribution in [2.45, 2.75) is 65.3 Å². The fourth-order valence-corrected chi connectivity index (χ4v) is 4.62. The zero-order chi connectivity index (χ0) is 27.3. The van der Waals surface area contributed by atoms with Crippen LogP contribution < -0.4 is 4.74 Å². The number of ether oxygens (including phenoxy) is 1. The molecule has 200 valence electrons. The molecule has 1 amide bonds. The van der Waals surface area contributed by atoms with Crippen LogP contribution in [0.15, 0.2) is 48.0 Å². The minimum Gasteiger partial charge on any atom is -0.507 e. The van der Waals surface area contributed by atoms with E-state index in [0.717, 1.165) is 48.2 Å². The molecule has 1 atom stereocenters. The highest BCUT2D eigenvalue weighted by Crippen LogP contribution is 2.40. The van der Waals surface area contributed by atoms with E-state index in [0.29, 0.717) is 18.7 Å². The minimum absolute atomic E-state index is 0.0233. The molecule has 0 bridgehead atoms. The van der Waals surface area contributed by atoms with Crippen LogP contribution in [0.2, 0.25) is 0 Å². The van der Waals surface area contributed by atoms with E-state index in [1.807, 2.05) is 57.4 Å². The van der Waals surface area contributed by atoms with Gasteiger partial charge < -0.3 is 19.6 Å². The molecule has 3 rings (SSSR count). The molecule has 1 fully saturated rings. The number of aryl methyl sites for hydroxylation is 1. The van der Waals surface area contributed by atoms with Crippen molar-refractivity contribution in [1.29, 1.82) is 0 Å². The molecule has 1 saturated heterocycles. The Labute approximate surface area is 221 Å². The van der Waals surface area contributed by atoms with E-state index >= 15 is 0 Å². The monoisotopic (exact) mass is 506 g/mol. The number of ketones is 1. The molecule has 1 aliphatic rings. The third-order valence-corrected chi connectivity index (χ3v) is 6.84. The van der Waals surface area contributed by atoms with Gasteiger partial charge in [0.25, 0.3) is 11.7 Å². The van der Waals surface area contributed by atoms with Crippen LogP contribution >= 0.6 is 0 Å². The van der Waals surface area contributed by atoms with Crippen LogP contribution in [0, 0.1) is 6.92 Å². The molecular formula is C31H42N2O4. The van der Waals surface area contributed by atoms with Gasteiger partial charge in [0.1, 0.15) is 11.5 Å². The Morgan fingerprint density at radius 3 is 2.30 bits per heavy atom. The molecule has 37 heavy (non-hydrogen) atoms. The molecule has 0 unspecified atom stereocenters. The second kappa shape index (κ2) is 12.0. The Bertz CT molecular complexity index is 1140. The molecule has 0 saturated carbocycles. The van der Waals surface area contributed by atoms with Gasteiger partial charge in [-0.1, -0.05) is 58.4 Å². The van der Waals surface area contributed by atoms with Crippen molar-refractivity contribution in [3.8, 4) is 5.75 Å². The molecule has 6 heteroatoms. The van der Waals surface area contributed by atoms with Gasteiger partial charge in [0, 0.05) is 12.1 Å². The summed E-state index contributed by atoms with van der Waals surface area (Å²) in [4.78, 5) is 30.2. The Balaban J connectivity index is 2.05. The zero-order valence-electron chi connectivity index (χ0n) is 23.4. The van der Waals surface area contributed by atoms with E-state index in [9.17, 15) is 14.7 Å². The highest BCUT2D eigenvalue weighted by molar-refractivity contribution is 6.46. The standard InChI is InChI=1S/C31H42N2O4/c1-8-9-19-37-25-16-13-23(20-21(25)2)28(34)26-27(22-11-14-24(15-12-22)31(3,4)5)33(30(36)29(26)35)18-10-17-32(6)7/h11-16,20,27,34H,8-10,17-19H2,1-7H3/t27-/m1/s1. The zero-order valence-corrected chi connectivity index (χ0v) is 23.4. The Morgan fingerprint density at radius 2 is 1.73 bits per heavy atom. The van der Waals surface area contributed by atoms with Gasteiger partial charge in [0.15, 0.2) is 0 Å². The molecule has 1 heterocycles. The van der Waals surface area contributed by atoms with Gasteiger partial charge in [-0.05, 0) is 80.7 Å². The summed E-state index contributed by atoms with van der Waals surface area (Å²) in [7, 11) is 3.96. The first-order valence-corrected chi connectivity index (χ1v) is 13.2. The third kappa shape index (κ3) is 6.61. The summed E-state index contributed by atoms with van der Waals surface area (Å²) in [5.41, 5.74) is 3.46. The summed E-state index contributed by atoms with van der Waals surface area (Å²) in [5.74, 6) is -0.611. The number of amides is 1. The summed E-state index contributed by atoms with van der Waals surface area (Å²) in [5, 5.41) is 11.4. The SMILES string of the molecule is CCCCOc1ccc(C(O)=C2C(=O)C(=O)N(CCCN(C)C)[C@@H]2c2ccc(C(C)(C)C)cc2)cc1C. The normalized spacial score (nSPS) is 17.6. The first-order valence-electron chi connectivity index (χ1n) is 13.2. The third-order valence-electron chi connectivity index (χ3n) is 6.84. The van der Waals surface area contributed by atoms with Crippen molar-refractivity contribution >= 4 is 17.4 Å². The maximum atomic E-state index is 13.3. The second-order valence-corrected chi connectivity index (χ2v) is 11.2. The van der Waals surface area contributed by atoms with Gasteiger partial charge in [0.2, 0.25) is 0 Å². The van der Waals surface area contributed by atoms with Crippen molar-refractivity contribution in [2.75, 3.05) is 33.8 Å². The van der Waals surface area contributed by atoms with Gasteiger partial charge >= 0.3 is 0 Å². The summed E-state index contributed by atoms with van der Waals surface area (Å²) in [6.45, 7) is 12.3. The average Bonchev–Trinajstić information content (AvgIpc) is 3.09. The van der Waals surface area contributed by atoms with E-state index in [-0.39, 0.29) is 16.7 Å². The van der Waals surface area contributed by atoms with Gasteiger partial charge in [-0.25, -0.2) is 0 Å². The molecule has 0 spiro atoms. The second-order valence-electron chi connectivity index (χ2n) is 11.2. The van der Waals surface area contributed by atoms with Crippen molar-refractivity contribution in [2.24, 2.45) is 0 Å². The molecule has 0 aliphatic carbocycles. The number of hydrogen-bond acceptors (Lipinski definition) is 5. The Kier molecular flexibility index (Phi) is 9.19. The average molecular weight is 507 g/mol. The number of carbonyl (C=O) groups excluding carboxylic acids is 2. The van der Waals surface area contributed by atoms with Crippen LogP contribution in [0.5, 0.6) is 5.75 Å².